The summed E-state index contributed by atoms with van der Waals surface area (Å²) in [6.45, 7) is 1.13. The Bertz CT molecular complexity index is 630. The van der Waals surface area contributed by atoms with Crippen molar-refractivity contribution >= 4 is 22.4 Å². The molecule has 1 saturated heterocycles. The molecule has 0 radical (unpaired) electrons. The predicted octanol–water partition coefficient (Wildman–Crippen LogP) is 1.77. The zero-order valence-electron chi connectivity index (χ0n) is 13.6. The summed E-state index contributed by atoms with van der Waals surface area (Å²) in [7, 11) is -2.35. The van der Waals surface area contributed by atoms with Crippen LogP contribution in [0.2, 0.25) is 0 Å². The van der Waals surface area contributed by atoms with Gasteiger partial charge in [0.25, 0.3) is 0 Å². The predicted molar refractivity (Wildman–Crippen MR) is 91.6 cm³/mol. The van der Waals surface area contributed by atoms with Gasteiger partial charge in [0, 0.05) is 26.2 Å². The van der Waals surface area contributed by atoms with Gasteiger partial charge < -0.3 is 15.2 Å². The van der Waals surface area contributed by atoms with E-state index in [-0.39, 0.29) is 42.2 Å². The monoisotopic (exact) mass is 382 g/mol. The van der Waals surface area contributed by atoms with E-state index in [4.69, 9.17) is 15.2 Å². The molecule has 6 nitrogen and oxygen atoms in total. The fourth-order valence-corrected chi connectivity index (χ4v) is 4.54. The lowest BCUT2D eigenvalue weighted by molar-refractivity contribution is 0.144. The van der Waals surface area contributed by atoms with E-state index in [0.717, 1.165) is 18.9 Å². The molecule has 24 heavy (non-hydrogen) atoms. The smallest absolute Gasteiger partial charge is 0.247 e. The molecule has 1 fully saturated rings. The minimum absolute atomic E-state index is 0. The van der Waals surface area contributed by atoms with Crippen LogP contribution in [0.4, 0.5) is 4.39 Å². The van der Waals surface area contributed by atoms with E-state index < -0.39 is 15.8 Å². The Morgan fingerprint density at radius 3 is 2.75 bits per heavy atom. The quantitative estimate of drug-likeness (QED) is 0.727. The molecule has 0 spiro atoms. The first-order valence-corrected chi connectivity index (χ1v) is 9.08. The highest BCUT2D eigenvalue weighted by molar-refractivity contribution is 7.89. The second-order valence-electron chi connectivity index (χ2n) is 5.43. The molecule has 1 aromatic rings. The van der Waals surface area contributed by atoms with Crippen molar-refractivity contribution in [3.05, 3.63) is 24.0 Å². The summed E-state index contributed by atoms with van der Waals surface area (Å²) in [6, 6.07) is 3.25. The number of nitrogens with zero attached hydrogens (tertiary/aromatic N) is 1. The van der Waals surface area contributed by atoms with Crippen LogP contribution in [0.15, 0.2) is 23.1 Å². The minimum Gasteiger partial charge on any atom is -0.490 e. The first kappa shape index (κ1) is 21.1. The second-order valence-corrected chi connectivity index (χ2v) is 7.29. The summed E-state index contributed by atoms with van der Waals surface area (Å²) in [5.41, 5.74) is 5.71. The molecule has 0 aromatic heterocycles. The number of rotatable bonds is 7. The Hall–Kier alpha value is -0.930. The highest BCUT2D eigenvalue weighted by atomic mass is 35.5. The van der Waals surface area contributed by atoms with Crippen LogP contribution < -0.4 is 10.5 Å². The number of ether oxygens (including phenoxy) is 2. The number of nitrogens with two attached hydrogens (primary N) is 1. The molecule has 2 N–H and O–H groups in total. The number of methoxy groups -OCH3 is 1. The summed E-state index contributed by atoms with van der Waals surface area (Å²) < 4.78 is 51.2. The average molecular weight is 383 g/mol. The SMILES string of the molecule is COCCOc1ccc(F)cc1S(=O)(=O)N1CCCCC1CN.Cl. The second kappa shape index (κ2) is 9.53. The normalized spacial score (nSPS) is 18.9. The van der Waals surface area contributed by atoms with Gasteiger partial charge in [-0.2, -0.15) is 4.31 Å². The van der Waals surface area contributed by atoms with E-state index in [1.165, 1.54) is 23.5 Å². The first-order valence-electron chi connectivity index (χ1n) is 7.64. The topological polar surface area (TPSA) is 81.9 Å². The standard InChI is InChI=1S/C15H23FN2O4S.ClH/c1-21-8-9-22-14-6-5-12(16)10-15(14)23(19,20)18-7-3-2-4-13(18)11-17;/h5-6,10,13H,2-4,7-9,11,17H2,1H3;1H. The molecule has 1 atom stereocenters. The van der Waals surface area contributed by atoms with Crippen molar-refractivity contribution in [2.45, 2.75) is 30.2 Å². The highest BCUT2D eigenvalue weighted by Gasteiger charge is 2.34. The van der Waals surface area contributed by atoms with Gasteiger partial charge in [-0.15, -0.1) is 12.4 Å². The number of hydrogen-bond acceptors (Lipinski definition) is 5. The largest absolute Gasteiger partial charge is 0.490 e. The van der Waals surface area contributed by atoms with Crippen LogP contribution in [0, 0.1) is 5.82 Å². The molecule has 1 heterocycles. The Kier molecular flexibility index (Phi) is 8.38. The third-order valence-corrected chi connectivity index (χ3v) is 5.86. The molecule has 0 amide bonds. The lowest BCUT2D eigenvalue weighted by Gasteiger charge is -2.34. The van der Waals surface area contributed by atoms with Gasteiger partial charge in [0.05, 0.1) is 6.61 Å². The van der Waals surface area contributed by atoms with Crippen LogP contribution in [-0.4, -0.2) is 52.2 Å². The molecule has 0 aliphatic carbocycles. The van der Waals surface area contributed by atoms with Gasteiger partial charge in [0.15, 0.2) is 0 Å². The third-order valence-electron chi connectivity index (χ3n) is 3.88. The summed E-state index contributed by atoms with van der Waals surface area (Å²) in [4.78, 5) is -0.158. The summed E-state index contributed by atoms with van der Waals surface area (Å²) in [6.07, 6.45) is 2.42. The summed E-state index contributed by atoms with van der Waals surface area (Å²) in [5, 5.41) is 0. The van der Waals surface area contributed by atoms with E-state index in [1.54, 1.807) is 0 Å². The maximum Gasteiger partial charge on any atom is 0.247 e. The number of piperidine rings is 1. The van der Waals surface area contributed by atoms with Crippen LogP contribution in [0.25, 0.3) is 0 Å². The molecule has 0 saturated carbocycles. The molecular formula is C15H24ClFN2O4S. The fraction of sp³-hybridized carbons (Fsp3) is 0.600. The molecule has 1 aliphatic heterocycles. The van der Waals surface area contributed by atoms with Gasteiger partial charge in [-0.3, -0.25) is 0 Å². The van der Waals surface area contributed by atoms with Crippen molar-refractivity contribution in [2.24, 2.45) is 5.73 Å². The zero-order chi connectivity index (χ0) is 16.9. The Morgan fingerprint density at radius 1 is 1.33 bits per heavy atom. The molecule has 9 heteroatoms. The lowest BCUT2D eigenvalue weighted by Crippen LogP contribution is -2.47. The van der Waals surface area contributed by atoms with Crippen molar-refractivity contribution in [2.75, 3.05) is 33.4 Å². The molecule has 2 rings (SSSR count). The van der Waals surface area contributed by atoms with Gasteiger partial charge in [-0.05, 0) is 31.0 Å². The van der Waals surface area contributed by atoms with E-state index in [9.17, 15) is 12.8 Å². The minimum atomic E-state index is -3.87. The van der Waals surface area contributed by atoms with Crippen LogP contribution in [0.5, 0.6) is 5.75 Å². The van der Waals surface area contributed by atoms with Gasteiger partial charge in [-0.25, -0.2) is 12.8 Å². The van der Waals surface area contributed by atoms with Crippen molar-refractivity contribution in [1.29, 1.82) is 0 Å². The van der Waals surface area contributed by atoms with Crippen molar-refractivity contribution in [1.82, 2.24) is 4.31 Å². The molecule has 1 aromatic carbocycles. The maximum absolute atomic E-state index is 13.6. The summed E-state index contributed by atoms with van der Waals surface area (Å²) >= 11 is 0. The number of halogens is 2. The third kappa shape index (κ3) is 4.80. The molecular weight excluding hydrogens is 359 g/mol. The Morgan fingerprint density at radius 2 is 2.08 bits per heavy atom. The zero-order valence-corrected chi connectivity index (χ0v) is 15.2. The van der Waals surface area contributed by atoms with E-state index >= 15 is 0 Å². The van der Waals surface area contributed by atoms with Crippen LogP contribution >= 0.6 is 12.4 Å². The van der Waals surface area contributed by atoms with Gasteiger partial charge in [-0.1, -0.05) is 6.42 Å². The molecule has 1 aliphatic rings. The number of benzene rings is 1. The molecule has 0 bridgehead atoms. The summed E-state index contributed by atoms with van der Waals surface area (Å²) in [5.74, 6) is -0.492. The molecule has 1 unspecified atom stereocenters. The van der Waals surface area contributed by atoms with Crippen molar-refractivity contribution in [3.63, 3.8) is 0 Å². The van der Waals surface area contributed by atoms with E-state index in [2.05, 4.69) is 0 Å². The van der Waals surface area contributed by atoms with Crippen molar-refractivity contribution in [3.8, 4) is 5.75 Å². The Labute approximate surface area is 148 Å². The molecule has 138 valence electrons. The maximum atomic E-state index is 13.6. The average Bonchev–Trinajstić information content (AvgIpc) is 2.56. The lowest BCUT2D eigenvalue weighted by atomic mass is 10.1. The fourth-order valence-electron chi connectivity index (χ4n) is 2.69. The van der Waals surface area contributed by atoms with Gasteiger partial charge in [0.2, 0.25) is 10.0 Å². The van der Waals surface area contributed by atoms with E-state index in [1.807, 2.05) is 0 Å². The van der Waals surface area contributed by atoms with Gasteiger partial charge in [0.1, 0.15) is 23.1 Å². The van der Waals surface area contributed by atoms with Crippen LogP contribution in [0.1, 0.15) is 19.3 Å². The van der Waals surface area contributed by atoms with Gasteiger partial charge >= 0.3 is 0 Å². The Balaban J connectivity index is 0.00000288. The van der Waals surface area contributed by atoms with Crippen LogP contribution in [-0.2, 0) is 14.8 Å². The number of sulfonamides is 1. The first-order chi connectivity index (χ1) is 11.0. The highest BCUT2D eigenvalue weighted by Crippen LogP contribution is 2.31. The van der Waals surface area contributed by atoms with E-state index in [0.29, 0.717) is 19.6 Å². The number of hydrogen-bond donors (Lipinski definition) is 1. The van der Waals surface area contributed by atoms with Crippen LogP contribution in [0.3, 0.4) is 0 Å². The van der Waals surface area contributed by atoms with Crippen molar-refractivity contribution < 1.29 is 22.3 Å².